The summed E-state index contributed by atoms with van der Waals surface area (Å²) in [5, 5.41) is 8.40. The highest BCUT2D eigenvalue weighted by atomic mass is 16.2. The first-order chi connectivity index (χ1) is 12.1. The summed E-state index contributed by atoms with van der Waals surface area (Å²) in [6.07, 6.45) is 4.52. The number of nitrogens with one attached hydrogen (secondary N) is 3. The molecule has 1 heterocycles. The molecule has 1 saturated carbocycles. The van der Waals surface area contributed by atoms with Crippen molar-refractivity contribution in [2.75, 3.05) is 13.6 Å². The Morgan fingerprint density at radius 2 is 2.04 bits per heavy atom. The quantitative estimate of drug-likeness (QED) is 0.775. The summed E-state index contributed by atoms with van der Waals surface area (Å²) in [6.45, 7) is 3.07. The van der Waals surface area contributed by atoms with Gasteiger partial charge in [0.05, 0.1) is 11.0 Å². The highest BCUT2D eigenvalue weighted by molar-refractivity contribution is 5.97. The summed E-state index contributed by atoms with van der Waals surface area (Å²) in [6, 6.07) is 5.72. The van der Waals surface area contributed by atoms with E-state index in [-0.39, 0.29) is 11.9 Å². The fraction of sp³-hybridized carbons (Fsp3) is 0.500. The Bertz CT molecular complexity index is 777. The fourth-order valence-electron chi connectivity index (χ4n) is 3.38. The first-order valence-electron chi connectivity index (χ1n) is 8.82. The molecular formula is C18H25N5O2. The second-order valence-corrected chi connectivity index (χ2v) is 6.47. The second kappa shape index (κ2) is 7.55. The van der Waals surface area contributed by atoms with Gasteiger partial charge in [-0.05, 0) is 38.0 Å². The van der Waals surface area contributed by atoms with Crippen molar-refractivity contribution in [3.05, 3.63) is 29.6 Å². The van der Waals surface area contributed by atoms with Crippen LogP contribution in [0.4, 0.5) is 4.79 Å². The summed E-state index contributed by atoms with van der Waals surface area (Å²) < 4.78 is 2.05. The van der Waals surface area contributed by atoms with Crippen molar-refractivity contribution in [2.24, 2.45) is 0 Å². The molecule has 3 rings (SSSR count). The number of hydrogen-bond acceptors (Lipinski definition) is 3. The summed E-state index contributed by atoms with van der Waals surface area (Å²) in [5.41, 5.74) is 2.41. The van der Waals surface area contributed by atoms with E-state index >= 15 is 0 Å². The fourth-order valence-corrected chi connectivity index (χ4v) is 3.38. The maximum atomic E-state index is 12.4. The van der Waals surface area contributed by atoms with E-state index in [1.807, 2.05) is 29.7 Å². The van der Waals surface area contributed by atoms with Gasteiger partial charge in [0.1, 0.15) is 5.82 Å². The zero-order valence-electron chi connectivity index (χ0n) is 14.8. The Balaban J connectivity index is 1.72. The molecule has 0 aliphatic heterocycles. The van der Waals surface area contributed by atoms with Crippen molar-refractivity contribution < 1.29 is 9.59 Å². The number of imidazole rings is 1. The number of rotatable bonds is 5. The molecule has 2 aromatic rings. The average molecular weight is 343 g/mol. The van der Waals surface area contributed by atoms with E-state index in [4.69, 9.17) is 0 Å². The summed E-state index contributed by atoms with van der Waals surface area (Å²) >= 11 is 0. The van der Waals surface area contributed by atoms with E-state index in [1.165, 1.54) is 12.8 Å². The van der Waals surface area contributed by atoms with Gasteiger partial charge >= 0.3 is 6.03 Å². The smallest absolute Gasteiger partial charge is 0.314 e. The molecule has 0 atom stereocenters. The largest absolute Gasteiger partial charge is 0.349 e. The molecule has 3 amide bonds. The van der Waals surface area contributed by atoms with Gasteiger partial charge in [-0.2, -0.15) is 0 Å². The topological polar surface area (TPSA) is 88.1 Å². The Morgan fingerprint density at radius 1 is 1.28 bits per heavy atom. The zero-order valence-corrected chi connectivity index (χ0v) is 14.8. The van der Waals surface area contributed by atoms with Gasteiger partial charge in [0, 0.05) is 31.7 Å². The van der Waals surface area contributed by atoms with Crippen LogP contribution < -0.4 is 16.0 Å². The van der Waals surface area contributed by atoms with Crippen LogP contribution in [0.5, 0.6) is 0 Å². The Kier molecular flexibility index (Phi) is 5.21. The van der Waals surface area contributed by atoms with E-state index in [0.29, 0.717) is 24.7 Å². The number of carbonyl (C=O) groups is 2. The van der Waals surface area contributed by atoms with Crippen LogP contribution in [0.2, 0.25) is 0 Å². The average Bonchev–Trinajstić information content (AvgIpc) is 3.21. The number of hydrogen-bond donors (Lipinski definition) is 3. The number of benzene rings is 1. The molecule has 7 heteroatoms. The van der Waals surface area contributed by atoms with Crippen molar-refractivity contribution in [3.63, 3.8) is 0 Å². The molecule has 0 radical (unpaired) electrons. The Morgan fingerprint density at radius 3 is 2.76 bits per heavy atom. The lowest BCUT2D eigenvalue weighted by Crippen LogP contribution is -2.34. The van der Waals surface area contributed by atoms with E-state index in [9.17, 15) is 9.59 Å². The molecule has 3 N–H and O–H groups in total. The van der Waals surface area contributed by atoms with Crippen LogP contribution in [-0.4, -0.2) is 41.1 Å². The maximum Gasteiger partial charge on any atom is 0.314 e. The van der Waals surface area contributed by atoms with Crippen molar-refractivity contribution in [3.8, 4) is 0 Å². The van der Waals surface area contributed by atoms with Crippen molar-refractivity contribution in [2.45, 2.75) is 45.2 Å². The maximum absolute atomic E-state index is 12.4. The van der Waals surface area contributed by atoms with Gasteiger partial charge in [-0.15, -0.1) is 0 Å². The van der Waals surface area contributed by atoms with Gasteiger partial charge in [0.25, 0.3) is 5.91 Å². The number of nitrogens with zero attached hydrogens (tertiary/aromatic N) is 2. The highest BCUT2D eigenvalue weighted by Crippen LogP contribution is 2.20. The van der Waals surface area contributed by atoms with Crippen molar-refractivity contribution in [1.29, 1.82) is 0 Å². The predicted molar refractivity (Wildman–Crippen MR) is 96.7 cm³/mol. The van der Waals surface area contributed by atoms with Crippen molar-refractivity contribution >= 4 is 23.0 Å². The monoisotopic (exact) mass is 343 g/mol. The standard InChI is InChI=1S/C18H25N5O2/c1-12-21-15-11-13(17(24)22-14-5-3-4-6-14)7-8-16(15)23(12)10-9-20-18(25)19-2/h7-8,11,14H,3-6,9-10H2,1-2H3,(H,22,24)(H2,19,20,25). The third-order valence-electron chi connectivity index (χ3n) is 4.74. The number of aryl methyl sites for hydroxylation is 1. The van der Waals surface area contributed by atoms with Crippen LogP contribution in [0.15, 0.2) is 18.2 Å². The van der Waals surface area contributed by atoms with Crippen LogP contribution in [0.25, 0.3) is 11.0 Å². The predicted octanol–water partition coefficient (Wildman–Crippen LogP) is 1.95. The first kappa shape index (κ1) is 17.3. The minimum Gasteiger partial charge on any atom is -0.349 e. The van der Waals surface area contributed by atoms with E-state index in [1.54, 1.807) is 7.05 Å². The van der Waals surface area contributed by atoms with Crippen LogP contribution in [0, 0.1) is 6.92 Å². The molecular weight excluding hydrogens is 318 g/mol. The number of carbonyl (C=O) groups excluding carboxylic acids is 2. The van der Waals surface area contributed by atoms with Gasteiger partial charge in [-0.25, -0.2) is 9.78 Å². The molecule has 0 bridgehead atoms. The number of urea groups is 1. The number of aromatic nitrogens is 2. The molecule has 25 heavy (non-hydrogen) atoms. The minimum absolute atomic E-state index is 0.0257. The van der Waals surface area contributed by atoms with Gasteiger partial charge in [0.15, 0.2) is 0 Å². The van der Waals surface area contributed by atoms with Gasteiger partial charge in [0.2, 0.25) is 0 Å². The molecule has 1 aliphatic carbocycles. The third kappa shape index (κ3) is 3.92. The van der Waals surface area contributed by atoms with Gasteiger partial charge in [-0.1, -0.05) is 12.8 Å². The summed E-state index contributed by atoms with van der Waals surface area (Å²) in [4.78, 5) is 28.2. The van der Waals surface area contributed by atoms with Crippen molar-refractivity contribution in [1.82, 2.24) is 25.5 Å². The van der Waals surface area contributed by atoms with Gasteiger partial charge < -0.3 is 20.5 Å². The van der Waals surface area contributed by atoms with Crippen LogP contribution in [0.3, 0.4) is 0 Å². The van der Waals surface area contributed by atoms with E-state index in [0.717, 1.165) is 29.7 Å². The molecule has 1 aliphatic rings. The third-order valence-corrected chi connectivity index (χ3v) is 4.74. The van der Waals surface area contributed by atoms with E-state index < -0.39 is 0 Å². The highest BCUT2D eigenvalue weighted by Gasteiger charge is 2.18. The first-order valence-corrected chi connectivity index (χ1v) is 8.82. The van der Waals surface area contributed by atoms with Crippen LogP contribution in [0.1, 0.15) is 41.9 Å². The Hall–Kier alpha value is -2.57. The lowest BCUT2D eigenvalue weighted by Gasteiger charge is -2.12. The molecule has 1 aromatic carbocycles. The SMILES string of the molecule is CNC(=O)NCCn1c(C)nc2cc(C(=O)NC3CCCC3)ccc21. The van der Waals surface area contributed by atoms with Crippen LogP contribution in [-0.2, 0) is 6.54 Å². The molecule has 0 unspecified atom stereocenters. The molecule has 0 spiro atoms. The minimum atomic E-state index is -0.201. The molecule has 1 aromatic heterocycles. The summed E-state index contributed by atoms with van der Waals surface area (Å²) in [7, 11) is 1.59. The molecule has 134 valence electrons. The van der Waals surface area contributed by atoms with Gasteiger partial charge in [-0.3, -0.25) is 4.79 Å². The van der Waals surface area contributed by atoms with E-state index in [2.05, 4.69) is 20.9 Å². The summed E-state index contributed by atoms with van der Waals surface area (Å²) in [5.74, 6) is 0.837. The molecule has 1 fully saturated rings. The normalized spacial score (nSPS) is 14.6. The Labute approximate surface area is 147 Å². The molecule has 0 saturated heterocycles. The molecule has 7 nitrogen and oxygen atoms in total. The second-order valence-electron chi connectivity index (χ2n) is 6.47. The van der Waals surface area contributed by atoms with Crippen LogP contribution >= 0.6 is 0 Å². The lowest BCUT2D eigenvalue weighted by atomic mass is 10.1. The lowest BCUT2D eigenvalue weighted by molar-refractivity contribution is 0.0938. The number of amides is 3. The number of fused-ring (bicyclic) bond motifs is 1. The zero-order chi connectivity index (χ0) is 17.8.